The predicted octanol–water partition coefficient (Wildman–Crippen LogP) is 5.43. The summed E-state index contributed by atoms with van der Waals surface area (Å²) in [6, 6.07) is 10.4. The van der Waals surface area contributed by atoms with Crippen molar-refractivity contribution in [1.29, 1.82) is 0 Å². The molecule has 0 unspecified atom stereocenters. The van der Waals surface area contributed by atoms with E-state index in [-0.39, 0.29) is 46.2 Å². The highest BCUT2D eigenvalue weighted by atomic mass is 35.5. The molecule has 4 aliphatic rings. The van der Waals surface area contributed by atoms with Gasteiger partial charge in [0.1, 0.15) is 18.0 Å². The van der Waals surface area contributed by atoms with Crippen LogP contribution in [0.25, 0.3) is 0 Å². The molecule has 3 aromatic carbocycles. The average Bonchev–Trinajstić information content (AvgIpc) is 3.47. The lowest BCUT2D eigenvalue weighted by Gasteiger charge is -2.50. The van der Waals surface area contributed by atoms with Gasteiger partial charge in [-0.15, -0.1) is 23.2 Å². The summed E-state index contributed by atoms with van der Waals surface area (Å²) in [4.78, 5) is 62.4. The summed E-state index contributed by atoms with van der Waals surface area (Å²) < 4.78 is 79.2. The van der Waals surface area contributed by atoms with Crippen molar-refractivity contribution in [2.45, 2.75) is 28.5 Å². The maximum Gasteiger partial charge on any atom is 0.269 e. The van der Waals surface area contributed by atoms with Crippen LogP contribution >= 0.6 is 23.2 Å². The number of hydrogen-bond acceptors (Lipinski definition) is 8. The third kappa shape index (κ3) is 4.66. The first-order chi connectivity index (χ1) is 24.6. The molecule has 7 rings (SSSR count). The standard InChI is InChI=1S/C34H22Cl2F5N3O8/c35-33-13-19-16(9-10-18-21(19)30(47)42(29(18)46)14-5-7-15(8-6-14)44(50)51)22(17-3-1-2-4-20(17)52-12-11-45)34(33,36)32(49)43(31(33)48)28-26(40)24(38)23(37)25(39)27(28)41/h1-9,18-19,21-22,45H,10-13H2/t18-,19+,21-,22+,33+,34-/m0/s1. The normalized spacial score (nSPS) is 28.1. The molecule has 2 heterocycles. The Kier molecular flexibility index (Phi) is 8.42. The molecule has 3 fully saturated rings. The number of aliphatic hydroxyl groups excluding tert-OH is 1. The number of alkyl halides is 2. The van der Waals surface area contributed by atoms with Gasteiger partial charge in [0.05, 0.1) is 29.1 Å². The Morgan fingerprint density at radius 3 is 2.08 bits per heavy atom. The molecule has 2 saturated heterocycles. The van der Waals surface area contributed by atoms with Crippen LogP contribution in [0.1, 0.15) is 24.3 Å². The minimum absolute atomic E-state index is 0.000488. The first kappa shape index (κ1) is 35.5. The topological polar surface area (TPSA) is 147 Å². The molecule has 0 radical (unpaired) electrons. The van der Waals surface area contributed by atoms with Crippen molar-refractivity contribution in [3.63, 3.8) is 0 Å². The number of ether oxygens (including phenoxy) is 1. The molecule has 11 nitrogen and oxygen atoms in total. The zero-order valence-electron chi connectivity index (χ0n) is 26.1. The molecule has 1 N–H and O–H groups in total. The van der Waals surface area contributed by atoms with Crippen molar-refractivity contribution in [1.82, 2.24) is 0 Å². The maximum atomic E-state index is 15.3. The Bertz CT molecular complexity index is 2130. The number of rotatable bonds is 7. The summed E-state index contributed by atoms with van der Waals surface area (Å²) in [7, 11) is 0. The van der Waals surface area contributed by atoms with Crippen molar-refractivity contribution < 1.29 is 55.9 Å². The van der Waals surface area contributed by atoms with E-state index in [4.69, 9.17) is 27.9 Å². The number of amides is 4. The molecule has 18 heteroatoms. The second-order valence-corrected chi connectivity index (χ2v) is 13.8. The van der Waals surface area contributed by atoms with Gasteiger partial charge in [0.15, 0.2) is 33.0 Å². The lowest BCUT2D eigenvalue weighted by Crippen LogP contribution is -2.60. The van der Waals surface area contributed by atoms with E-state index < -0.39 is 110 Å². The first-order valence-electron chi connectivity index (χ1n) is 15.5. The molecule has 0 bridgehead atoms. The molecule has 6 atom stereocenters. The summed E-state index contributed by atoms with van der Waals surface area (Å²) in [6.07, 6.45) is 0.681. The molecule has 52 heavy (non-hydrogen) atoms. The smallest absolute Gasteiger partial charge is 0.269 e. The Labute approximate surface area is 299 Å². The fourth-order valence-corrected chi connectivity index (χ4v) is 8.82. The SMILES string of the molecule is O=C1[C@H]2[C@H](CC=C3[C@H]2C[C@@]2(Cl)C(=O)N(c4c(F)c(F)c(F)c(F)c4F)C(=O)[C@@]2(Cl)[C@H]3c2ccccc2OCCO)C(=O)N1c1ccc([N+](=O)[O-])cc1. The minimum atomic E-state index is -2.76. The number of benzene rings is 3. The van der Waals surface area contributed by atoms with Crippen LogP contribution in [0, 0.1) is 57.0 Å². The van der Waals surface area contributed by atoms with Crippen LogP contribution in [0.5, 0.6) is 5.75 Å². The zero-order valence-corrected chi connectivity index (χ0v) is 27.6. The Morgan fingerprint density at radius 1 is 0.846 bits per heavy atom. The van der Waals surface area contributed by atoms with Gasteiger partial charge in [0.2, 0.25) is 17.6 Å². The van der Waals surface area contributed by atoms with Gasteiger partial charge in [-0.2, -0.15) is 0 Å². The highest BCUT2D eigenvalue weighted by molar-refractivity contribution is 6.58. The van der Waals surface area contributed by atoms with Crippen molar-refractivity contribution in [3.05, 3.63) is 105 Å². The number of aliphatic hydroxyl groups is 1. The summed E-state index contributed by atoms with van der Waals surface area (Å²) in [5, 5.41) is 20.7. The fourth-order valence-electron chi connectivity index (χ4n) is 7.90. The van der Waals surface area contributed by atoms with Crippen LogP contribution in [0.4, 0.5) is 39.0 Å². The second kappa shape index (κ2) is 12.3. The number of anilines is 2. The molecule has 2 aliphatic heterocycles. The van der Waals surface area contributed by atoms with Crippen LogP contribution in [0.2, 0.25) is 0 Å². The lowest BCUT2D eigenvalue weighted by atomic mass is 9.56. The molecule has 270 valence electrons. The Balaban J connectivity index is 1.42. The van der Waals surface area contributed by atoms with E-state index in [0.717, 1.165) is 17.0 Å². The van der Waals surface area contributed by atoms with Gasteiger partial charge < -0.3 is 9.84 Å². The van der Waals surface area contributed by atoms with Gasteiger partial charge >= 0.3 is 0 Å². The summed E-state index contributed by atoms with van der Waals surface area (Å²) in [5.41, 5.74) is -1.97. The predicted molar refractivity (Wildman–Crippen MR) is 171 cm³/mol. The van der Waals surface area contributed by atoms with E-state index in [2.05, 4.69) is 0 Å². The maximum absolute atomic E-state index is 15.3. The third-order valence-electron chi connectivity index (χ3n) is 10.1. The van der Waals surface area contributed by atoms with Crippen molar-refractivity contribution in [3.8, 4) is 5.75 Å². The van der Waals surface area contributed by atoms with Crippen molar-refractivity contribution >= 4 is 63.9 Å². The van der Waals surface area contributed by atoms with E-state index in [1.807, 2.05) is 0 Å². The second-order valence-electron chi connectivity index (χ2n) is 12.6. The largest absolute Gasteiger partial charge is 0.491 e. The van der Waals surface area contributed by atoms with Gasteiger partial charge in [-0.05, 0) is 37.0 Å². The monoisotopic (exact) mass is 765 g/mol. The van der Waals surface area contributed by atoms with Gasteiger partial charge in [-0.25, -0.2) is 26.9 Å². The number of nitro benzene ring substituents is 1. The number of carbonyl (C=O) groups is 4. The average molecular weight is 766 g/mol. The van der Waals surface area contributed by atoms with Crippen LogP contribution < -0.4 is 14.5 Å². The molecule has 1 saturated carbocycles. The third-order valence-corrected chi connectivity index (χ3v) is 11.5. The number of imide groups is 2. The van der Waals surface area contributed by atoms with Gasteiger partial charge in [0, 0.05) is 23.6 Å². The van der Waals surface area contributed by atoms with Crippen molar-refractivity contribution in [2.24, 2.45) is 17.8 Å². The lowest BCUT2D eigenvalue weighted by molar-refractivity contribution is -0.384. The highest BCUT2D eigenvalue weighted by Gasteiger charge is 2.77. The number of allylic oxidation sites excluding steroid dienone is 2. The van der Waals surface area contributed by atoms with E-state index >= 15 is 8.78 Å². The minimum Gasteiger partial charge on any atom is -0.491 e. The number of fused-ring (bicyclic) bond motifs is 4. The molecule has 0 spiro atoms. The molecular weight excluding hydrogens is 744 g/mol. The van der Waals surface area contributed by atoms with Crippen LogP contribution in [-0.2, 0) is 19.2 Å². The Morgan fingerprint density at radius 2 is 1.46 bits per heavy atom. The Hall–Kier alpha value is -4.93. The number of hydrogen-bond donors (Lipinski definition) is 1. The molecule has 4 amide bonds. The molecule has 2 aliphatic carbocycles. The van der Waals surface area contributed by atoms with Crippen molar-refractivity contribution in [2.75, 3.05) is 23.0 Å². The number of nitro groups is 1. The molecule has 0 aromatic heterocycles. The van der Waals surface area contributed by atoms with E-state index in [0.29, 0.717) is 0 Å². The van der Waals surface area contributed by atoms with Gasteiger partial charge in [0.25, 0.3) is 17.5 Å². The summed E-state index contributed by atoms with van der Waals surface area (Å²) in [5.74, 6) is -22.3. The van der Waals surface area contributed by atoms with Gasteiger partial charge in [-0.1, -0.05) is 29.8 Å². The number of carbonyl (C=O) groups excluding carboxylic acids is 4. The van der Waals surface area contributed by atoms with E-state index in [1.165, 1.54) is 42.5 Å². The van der Waals surface area contributed by atoms with Crippen LogP contribution in [0.3, 0.4) is 0 Å². The first-order valence-corrected chi connectivity index (χ1v) is 16.3. The summed E-state index contributed by atoms with van der Waals surface area (Å²) in [6.45, 7) is -0.751. The number of para-hydroxylation sites is 1. The molecular formula is C34H22Cl2F5N3O8. The van der Waals surface area contributed by atoms with Crippen LogP contribution in [-0.4, -0.2) is 56.6 Å². The number of nitrogens with zero attached hydrogens (tertiary/aromatic N) is 3. The fraction of sp³-hybridized carbons (Fsp3) is 0.294. The van der Waals surface area contributed by atoms with E-state index in [9.17, 15) is 47.6 Å². The quantitative estimate of drug-likeness (QED) is 0.0490. The van der Waals surface area contributed by atoms with Gasteiger partial charge in [-0.3, -0.25) is 34.2 Å². The molecule has 3 aromatic rings. The summed E-state index contributed by atoms with van der Waals surface area (Å²) >= 11 is 14.3. The number of halogens is 7. The van der Waals surface area contributed by atoms with Crippen LogP contribution in [0.15, 0.2) is 60.2 Å². The highest BCUT2D eigenvalue weighted by Crippen LogP contribution is 2.66. The zero-order chi connectivity index (χ0) is 37.6. The van der Waals surface area contributed by atoms with E-state index in [1.54, 1.807) is 0 Å². The number of non-ortho nitro benzene ring substituents is 1.